The van der Waals surface area contributed by atoms with Crippen molar-refractivity contribution < 1.29 is 4.79 Å². The van der Waals surface area contributed by atoms with Crippen molar-refractivity contribution in [2.24, 2.45) is 0 Å². The van der Waals surface area contributed by atoms with E-state index < -0.39 is 0 Å². The van der Waals surface area contributed by atoms with Gasteiger partial charge in [-0.3, -0.25) is 4.79 Å². The molecule has 2 nitrogen and oxygen atoms in total. The summed E-state index contributed by atoms with van der Waals surface area (Å²) < 4.78 is 0. The molecule has 1 amide bonds. The number of likely N-dealkylation sites (tertiary alicyclic amines) is 1. The molecule has 116 valence electrons. The molecular formula is C18H26BrNO. The van der Waals surface area contributed by atoms with Crippen LogP contribution in [0.1, 0.15) is 62.4 Å². The van der Waals surface area contributed by atoms with Crippen LogP contribution in [0.2, 0.25) is 0 Å². The van der Waals surface area contributed by atoms with Crippen molar-refractivity contribution in [3.63, 3.8) is 0 Å². The van der Waals surface area contributed by atoms with E-state index in [-0.39, 0.29) is 11.3 Å². The quantitative estimate of drug-likeness (QED) is 0.715. The second-order valence-electron chi connectivity index (χ2n) is 6.92. The molecule has 1 atom stereocenters. The maximum absolute atomic E-state index is 13.0. The number of rotatable bonds is 4. The first-order chi connectivity index (χ1) is 9.95. The van der Waals surface area contributed by atoms with Crippen molar-refractivity contribution in [3.05, 3.63) is 35.4 Å². The molecule has 0 bridgehead atoms. The molecule has 0 N–H and O–H groups in total. The number of amides is 1. The van der Waals surface area contributed by atoms with E-state index in [1.807, 2.05) is 18.2 Å². The summed E-state index contributed by atoms with van der Waals surface area (Å²) in [4.78, 5) is 15.1. The average molecular weight is 352 g/mol. The van der Waals surface area contributed by atoms with Gasteiger partial charge in [0.25, 0.3) is 5.91 Å². The van der Waals surface area contributed by atoms with Gasteiger partial charge in [0, 0.05) is 23.5 Å². The second kappa shape index (κ2) is 6.95. The predicted molar refractivity (Wildman–Crippen MR) is 92.2 cm³/mol. The molecule has 3 heteroatoms. The molecule has 0 aliphatic carbocycles. The monoisotopic (exact) mass is 351 g/mol. The minimum atomic E-state index is -0.00265. The molecule has 0 radical (unpaired) electrons. The van der Waals surface area contributed by atoms with E-state index in [4.69, 9.17) is 0 Å². The van der Waals surface area contributed by atoms with Crippen LogP contribution in [-0.2, 0) is 5.41 Å². The summed E-state index contributed by atoms with van der Waals surface area (Å²) in [5.41, 5.74) is 2.04. The fourth-order valence-corrected chi connectivity index (χ4v) is 3.52. The summed E-state index contributed by atoms with van der Waals surface area (Å²) in [5.74, 6) is 0.220. The fourth-order valence-electron chi connectivity index (χ4n) is 3.19. The van der Waals surface area contributed by atoms with E-state index in [1.165, 1.54) is 0 Å². The van der Waals surface area contributed by atoms with Gasteiger partial charge in [0.05, 0.1) is 0 Å². The molecule has 1 heterocycles. The van der Waals surface area contributed by atoms with Crippen LogP contribution in [-0.4, -0.2) is 28.7 Å². The molecule has 0 aromatic heterocycles. The normalized spacial score (nSPS) is 19.0. The van der Waals surface area contributed by atoms with Gasteiger partial charge in [-0.15, -0.1) is 0 Å². The zero-order chi connectivity index (χ0) is 15.5. The predicted octanol–water partition coefficient (Wildman–Crippen LogP) is 4.76. The van der Waals surface area contributed by atoms with E-state index in [2.05, 4.69) is 47.7 Å². The Hall–Kier alpha value is -0.830. The van der Waals surface area contributed by atoms with Crippen LogP contribution in [0.5, 0.6) is 0 Å². The number of benzene rings is 1. The molecule has 1 fully saturated rings. The highest BCUT2D eigenvalue weighted by molar-refractivity contribution is 9.09. The summed E-state index contributed by atoms with van der Waals surface area (Å²) in [6, 6.07) is 8.51. The Labute approximate surface area is 137 Å². The average Bonchev–Trinajstić information content (AvgIpc) is 2.91. The van der Waals surface area contributed by atoms with Crippen LogP contribution in [0.3, 0.4) is 0 Å². The summed E-state index contributed by atoms with van der Waals surface area (Å²) in [7, 11) is 0. The zero-order valence-corrected chi connectivity index (χ0v) is 14.9. The topological polar surface area (TPSA) is 20.3 Å². The largest absolute Gasteiger partial charge is 0.336 e. The Morgan fingerprint density at radius 3 is 2.71 bits per heavy atom. The first kappa shape index (κ1) is 16.5. The molecule has 1 aliphatic heterocycles. The van der Waals surface area contributed by atoms with Crippen molar-refractivity contribution in [1.82, 2.24) is 4.90 Å². The number of halogens is 1. The smallest absolute Gasteiger partial charge is 0.254 e. The molecule has 1 aromatic rings. The summed E-state index contributed by atoms with van der Waals surface area (Å²) in [6.45, 7) is 7.42. The third-order valence-electron chi connectivity index (χ3n) is 4.27. The molecule has 1 aromatic carbocycles. The van der Waals surface area contributed by atoms with Crippen LogP contribution in [0.25, 0.3) is 0 Å². The lowest BCUT2D eigenvalue weighted by Gasteiger charge is -2.28. The summed E-state index contributed by atoms with van der Waals surface area (Å²) in [5, 5.41) is 1.02. The van der Waals surface area contributed by atoms with Gasteiger partial charge in [0.1, 0.15) is 0 Å². The van der Waals surface area contributed by atoms with Crippen molar-refractivity contribution >= 4 is 21.8 Å². The van der Waals surface area contributed by atoms with Crippen molar-refractivity contribution in [2.45, 2.75) is 57.9 Å². The molecule has 1 saturated heterocycles. The number of hydrogen-bond acceptors (Lipinski definition) is 1. The van der Waals surface area contributed by atoms with Gasteiger partial charge in [-0.1, -0.05) is 54.9 Å². The van der Waals surface area contributed by atoms with Crippen molar-refractivity contribution in [3.8, 4) is 0 Å². The third kappa shape index (κ3) is 3.88. The van der Waals surface area contributed by atoms with E-state index in [0.717, 1.165) is 48.7 Å². The van der Waals surface area contributed by atoms with Gasteiger partial charge >= 0.3 is 0 Å². The number of carbonyl (C=O) groups is 1. The molecule has 0 saturated carbocycles. The van der Waals surface area contributed by atoms with E-state index in [1.54, 1.807) is 0 Å². The van der Waals surface area contributed by atoms with Gasteiger partial charge < -0.3 is 4.90 Å². The molecule has 0 spiro atoms. The third-order valence-corrected chi connectivity index (χ3v) is 4.84. The van der Waals surface area contributed by atoms with Crippen LogP contribution < -0.4 is 0 Å². The van der Waals surface area contributed by atoms with Crippen LogP contribution in [0, 0.1) is 0 Å². The van der Waals surface area contributed by atoms with Crippen LogP contribution in [0.15, 0.2) is 24.3 Å². The van der Waals surface area contributed by atoms with Crippen molar-refractivity contribution in [1.29, 1.82) is 0 Å². The molecule has 1 unspecified atom stereocenters. The van der Waals surface area contributed by atoms with Gasteiger partial charge in [-0.05, 0) is 42.7 Å². The first-order valence-electron chi connectivity index (χ1n) is 7.91. The van der Waals surface area contributed by atoms with E-state index in [0.29, 0.717) is 6.04 Å². The SMILES string of the molecule is CC(C)(C)c1ccccc1C(=O)N1CCCC1CCCBr. The molecule has 21 heavy (non-hydrogen) atoms. The minimum absolute atomic E-state index is 0.00265. The van der Waals surface area contributed by atoms with Gasteiger partial charge in [-0.25, -0.2) is 0 Å². The second-order valence-corrected chi connectivity index (χ2v) is 7.71. The maximum Gasteiger partial charge on any atom is 0.254 e. The zero-order valence-electron chi connectivity index (χ0n) is 13.4. The standard InChI is InChI=1S/C18H26BrNO/c1-18(2,3)16-11-5-4-10-15(16)17(21)20-13-7-9-14(20)8-6-12-19/h4-5,10-11,14H,6-9,12-13H2,1-3H3. The Morgan fingerprint density at radius 1 is 1.33 bits per heavy atom. The molecule has 1 aliphatic rings. The molecule has 2 rings (SSSR count). The highest BCUT2D eigenvalue weighted by atomic mass is 79.9. The van der Waals surface area contributed by atoms with Crippen LogP contribution in [0.4, 0.5) is 0 Å². The summed E-state index contributed by atoms with van der Waals surface area (Å²) in [6.07, 6.45) is 4.52. The van der Waals surface area contributed by atoms with Gasteiger partial charge in [0.2, 0.25) is 0 Å². The number of carbonyl (C=O) groups excluding carboxylic acids is 1. The Bertz CT molecular complexity index is 492. The van der Waals surface area contributed by atoms with Crippen molar-refractivity contribution in [2.75, 3.05) is 11.9 Å². The minimum Gasteiger partial charge on any atom is -0.336 e. The lowest BCUT2D eigenvalue weighted by molar-refractivity contribution is 0.0727. The van der Waals surface area contributed by atoms with Crippen LogP contribution >= 0.6 is 15.9 Å². The Morgan fingerprint density at radius 2 is 2.05 bits per heavy atom. The fraction of sp³-hybridized carbons (Fsp3) is 0.611. The van der Waals surface area contributed by atoms with Gasteiger partial charge in [0.15, 0.2) is 0 Å². The van der Waals surface area contributed by atoms with Gasteiger partial charge in [-0.2, -0.15) is 0 Å². The van der Waals surface area contributed by atoms with E-state index >= 15 is 0 Å². The molecular weight excluding hydrogens is 326 g/mol. The Balaban J connectivity index is 2.24. The number of alkyl halides is 1. The lowest BCUT2D eigenvalue weighted by Crippen LogP contribution is -2.36. The first-order valence-corrected chi connectivity index (χ1v) is 9.03. The highest BCUT2D eigenvalue weighted by Gasteiger charge is 2.31. The Kier molecular flexibility index (Phi) is 5.48. The number of nitrogens with zero attached hydrogens (tertiary/aromatic N) is 1. The maximum atomic E-state index is 13.0. The highest BCUT2D eigenvalue weighted by Crippen LogP contribution is 2.29. The number of hydrogen-bond donors (Lipinski definition) is 0. The lowest BCUT2D eigenvalue weighted by atomic mass is 9.83. The summed E-state index contributed by atoms with van der Waals surface area (Å²) >= 11 is 3.49. The van der Waals surface area contributed by atoms with E-state index in [9.17, 15) is 4.79 Å².